The molecule has 0 fully saturated rings. The molecule has 0 saturated carbocycles. The SMILES string of the molecule is O=C(COc1ccccc1[N+](=O)[O-])c1ccccc1Br. The summed E-state index contributed by atoms with van der Waals surface area (Å²) in [5.41, 5.74) is 0.318. The number of ketones is 1. The molecule has 0 aliphatic heterocycles. The molecule has 2 aromatic carbocycles. The highest BCUT2D eigenvalue weighted by Gasteiger charge is 2.16. The van der Waals surface area contributed by atoms with Gasteiger partial charge in [0.25, 0.3) is 0 Å². The Labute approximate surface area is 123 Å². The first-order chi connectivity index (χ1) is 9.59. The van der Waals surface area contributed by atoms with Crippen LogP contribution in [0.5, 0.6) is 5.75 Å². The number of rotatable bonds is 5. The molecular weight excluding hydrogens is 326 g/mol. The second-order valence-corrected chi connectivity index (χ2v) is 4.77. The smallest absolute Gasteiger partial charge is 0.310 e. The first kappa shape index (κ1) is 14.2. The molecule has 0 aliphatic carbocycles. The van der Waals surface area contributed by atoms with Crippen molar-refractivity contribution in [3.05, 3.63) is 68.7 Å². The van der Waals surface area contributed by atoms with Gasteiger partial charge in [0.1, 0.15) is 0 Å². The van der Waals surface area contributed by atoms with E-state index in [0.717, 1.165) is 0 Å². The number of benzene rings is 2. The lowest BCUT2D eigenvalue weighted by Gasteiger charge is -2.07. The Kier molecular flexibility index (Phi) is 4.47. The molecule has 2 rings (SSSR count). The third kappa shape index (κ3) is 3.21. The van der Waals surface area contributed by atoms with Gasteiger partial charge in [0, 0.05) is 16.1 Å². The summed E-state index contributed by atoms with van der Waals surface area (Å²) >= 11 is 3.28. The molecule has 0 aromatic heterocycles. The summed E-state index contributed by atoms with van der Waals surface area (Å²) in [6.45, 7) is -0.256. The molecule has 0 heterocycles. The third-order valence-corrected chi connectivity index (χ3v) is 3.29. The zero-order valence-corrected chi connectivity index (χ0v) is 11.9. The minimum Gasteiger partial charge on any atom is -0.478 e. The Bertz CT molecular complexity index is 657. The molecule has 6 heteroatoms. The Hall–Kier alpha value is -2.21. The van der Waals surface area contributed by atoms with Crippen LogP contribution in [0.15, 0.2) is 53.0 Å². The number of ether oxygens (including phenoxy) is 1. The van der Waals surface area contributed by atoms with E-state index in [1.807, 2.05) is 0 Å². The molecular formula is C14H10BrNO4. The largest absolute Gasteiger partial charge is 0.478 e. The molecule has 0 unspecified atom stereocenters. The van der Waals surface area contributed by atoms with E-state index >= 15 is 0 Å². The number of nitro benzene ring substituents is 1. The number of Topliss-reactive ketones (excluding diaryl/α,β-unsaturated/α-hetero) is 1. The molecule has 0 radical (unpaired) electrons. The minimum atomic E-state index is -0.543. The van der Waals surface area contributed by atoms with Crippen molar-refractivity contribution >= 4 is 27.4 Å². The lowest BCUT2D eigenvalue weighted by atomic mass is 10.1. The molecule has 5 nitrogen and oxygen atoms in total. The lowest BCUT2D eigenvalue weighted by Crippen LogP contribution is -2.12. The first-order valence-electron chi connectivity index (χ1n) is 5.73. The Morgan fingerprint density at radius 1 is 1.15 bits per heavy atom. The highest BCUT2D eigenvalue weighted by molar-refractivity contribution is 9.10. The number of nitrogens with zero attached hydrogens (tertiary/aromatic N) is 1. The average molecular weight is 336 g/mol. The molecule has 102 valence electrons. The van der Waals surface area contributed by atoms with E-state index in [1.165, 1.54) is 12.1 Å². The van der Waals surface area contributed by atoms with E-state index in [4.69, 9.17) is 4.74 Å². The van der Waals surface area contributed by atoms with Crippen molar-refractivity contribution in [1.29, 1.82) is 0 Å². The minimum absolute atomic E-state index is 0.0814. The molecule has 0 atom stereocenters. The van der Waals surface area contributed by atoms with E-state index in [2.05, 4.69) is 15.9 Å². The molecule has 0 N–H and O–H groups in total. The van der Waals surface area contributed by atoms with Gasteiger partial charge in [-0.1, -0.05) is 46.3 Å². The normalized spacial score (nSPS) is 10.1. The van der Waals surface area contributed by atoms with Gasteiger partial charge >= 0.3 is 5.69 Å². The van der Waals surface area contributed by atoms with Crippen LogP contribution in [0.1, 0.15) is 10.4 Å². The predicted octanol–water partition coefficient (Wildman–Crippen LogP) is 3.62. The number of nitro groups is 1. The van der Waals surface area contributed by atoms with Crippen LogP contribution in [0, 0.1) is 10.1 Å². The van der Waals surface area contributed by atoms with E-state index in [9.17, 15) is 14.9 Å². The zero-order valence-electron chi connectivity index (χ0n) is 10.3. The number of carbonyl (C=O) groups is 1. The first-order valence-corrected chi connectivity index (χ1v) is 6.53. The molecule has 2 aromatic rings. The Morgan fingerprint density at radius 2 is 1.80 bits per heavy atom. The zero-order chi connectivity index (χ0) is 14.5. The van der Waals surface area contributed by atoms with Gasteiger partial charge < -0.3 is 4.74 Å². The number of halogens is 1. The average Bonchev–Trinajstić information content (AvgIpc) is 2.45. The molecule has 0 saturated heterocycles. The fraction of sp³-hybridized carbons (Fsp3) is 0.0714. The van der Waals surface area contributed by atoms with E-state index < -0.39 is 4.92 Å². The summed E-state index contributed by atoms with van der Waals surface area (Å²) < 4.78 is 5.92. The second kappa shape index (κ2) is 6.29. The Balaban J connectivity index is 2.12. The predicted molar refractivity (Wildman–Crippen MR) is 77.1 cm³/mol. The molecule has 0 spiro atoms. The summed E-state index contributed by atoms with van der Waals surface area (Å²) in [6, 6.07) is 12.9. The topological polar surface area (TPSA) is 69.4 Å². The monoisotopic (exact) mass is 335 g/mol. The van der Waals surface area contributed by atoms with Gasteiger partial charge in [0.15, 0.2) is 12.4 Å². The van der Waals surface area contributed by atoms with E-state index in [0.29, 0.717) is 10.0 Å². The van der Waals surface area contributed by atoms with Gasteiger partial charge in [-0.05, 0) is 12.1 Å². The van der Waals surface area contributed by atoms with Crippen molar-refractivity contribution < 1.29 is 14.5 Å². The Morgan fingerprint density at radius 3 is 2.50 bits per heavy atom. The lowest BCUT2D eigenvalue weighted by molar-refractivity contribution is -0.385. The van der Waals surface area contributed by atoms with Crippen LogP contribution in [0.4, 0.5) is 5.69 Å². The van der Waals surface area contributed by atoms with Crippen molar-refractivity contribution in [3.8, 4) is 5.75 Å². The van der Waals surface area contributed by atoms with E-state index in [-0.39, 0.29) is 23.8 Å². The van der Waals surface area contributed by atoms with Gasteiger partial charge in [-0.25, -0.2) is 0 Å². The van der Waals surface area contributed by atoms with Crippen LogP contribution in [0.2, 0.25) is 0 Å². The standard InChI is InChI=1S/C14H10BrNO4/c15-11-6-2-1-5-10(11)13(17)9-20-14-8-4-3-7-12(14)16(18)19/h1-8H,9H2. The van der Waals surface area contributed by atoms with Crippen LogP contribution in [0.3, 0.4) is 0 Å². The molecule has 20 heavy (non-hydrogen) atoms. The summed E-state index contributed by atoms with van der Waals surface area (Å²) in [5, 5.41) is 10.8. The number of para-hydroxylation sites is 2. The maximum Gasteiger partial charge on any atom is 0.310 e. The summed E-state index contributed by atoms with van der Waals surface area (Å²) in [7, 11) is 0. The van der Waals surface area contributed by atoms with Crippen molar-refractivity contribution in [2.75, 3.05) is 6.61 Å². The van der Waals surface area contributed by atoms with Gasteiger partial charge in [-0.3, -0.25) is 14.9 Å². The van der Waals surface area contributed by atoms with Crippen molar-refractivity contribution in [2.24, 2.45) is 0 Å². The maximum absolute atomic E-state index is 12.0. The highest BCUT2D eigenvalue weighted by Crippen LogP contribution is 2.26. The summed E-state index contributed by atoms with van der Waals surface area (Å²) in [4.78, 5) is 22.3. The number of hydrogen-bond acceptors (Lipinski definition) is 4. The fourth-order valence-electron chi connectivity index (χ4n) is 1.64. The fourth-order valence-corrected chi connectivity index (χ4v) is 2.14. The van der Waals surface area contributed by atoms with Gasteiger partial charge in [0.05, 0.1) is 4.92 Å². The maximum atomic E-state index is 12.0. The third-order valence-electron chi connectivity index (χ3n) is 2.59. The van der Waals surface area contributed by atoms with Crippen LogP contribution in [0.25, 0.3) is 0 Å². The molecule has 0 bridgehead atoms. The van der Waals surface area contributed by atoms with Crippen LogP contribution in [-0.2, 0) is 0 Å². The van der Waals surface area contributed by atoms with Crippen LogP contribution in [-0.4, -0.2) is 17.3 Å². The van der Waals surface area contributed by atoms with Crippen LogP contribution >= 0.6 is 15.9 Å². The van der Waals surface area contributed by atoms with Crippen molar-refractivity contribution in [2.45, 2.75) is 0 Å². The molecule has 0 aliphatic rings. The van der Waals surface area contributed by atoms with Crippen molar-refractivity contribution in [3.63, 3.8) is 0 Å². The number of carbonyl (C=O) groups excluding carboxylic acids is 1. The summed E-state index contributed by atoms with van der Waals surface area (Å²) in [5.74, 6) is -0.173. The molecule has 0 amide bonds. The van der Waals surface area contributed by atoms with E-state index in [1.54, 1.807) is 36.4 Å². The van der Waals surface area contributed by atoms with Gasteiger partial charge in [-0.15, -0.1) is 0 Å². The highest BCUT2D eigenvalue weighted by atomic mass is 79.9. The number of hydrogen-bond donors (Lipinski definition) is 0. The summed E-state index contributed by atoms with van der Waals surface area (Å²) in [6.07, 6.45) is 0. The van der Waals surface area contributed by atoms with Crippen molar-refractivity contribution in [1.82, 2.24) is 0 Å². The second-order valence-electron chi connectivity index (χ2n) is 3.92. The van der Waals surface area contributed by atoms with Gasteiger partial charge in [0.2, 0.25) is 5.78 Å². The van der Waals surface area contributed by atoms with Crippen LogP contribution < -0.4 is 4.74 Å². The quantitative estimate of drug-likeness (QED) is 0.475. The van der Waals surface area contributed by atoms with Gasteiger partial charge in [-0.2, -0.15) is 0 Å².